The normalized spacial score (nSPS) is 18.5. The molecular formula is C14H19ClO2S. The van der Waals surface area contributed by atoms with E-state index in [4.69, 9.17) is 10.7 Å². The maximum Gasteiger partial charge on any atom is 0.236 e. The van der Waals surface area contributed by atoms with Gasteiger partial charge in [0.2, 0.25) is 9.05 Å². The molecule has 0 unspecified atom stereocenters. The van der Waals surface area contributed by atoms with Crippen molar-refractivity contribution in [2.45, 2.75) is 50.2 Å². The van der Waals surface area contributed by atoms with Crippen LogP contribution in [0.5, 0.6) is 0 Å². The van der Waals surface area contributed by atoms with Gasteiger partial charge in [0.15, 0.2) is 0 Å². The highest BCUT2D eigenvalue weighted by Gasteiger charge is 2.14. The Bertz CT molecular complexity index is 471. The molecule has 1 aromatic carbocycles. The highest BCUT2D eigenvalue weighted by molar-refractivity contribution is 8.13. The monoisotopic (exact) mass is 286 g/mol. The number of rotatable bonds is 3. The minimum Gasteiger partial charge on any atom is -0.212 e. The Balaban J connectivity index is 2.06. The molecule has 0 spiro atoms. The van der Waals surface area contributed by atoms with E-state index in [0.717, 1.165) is 5.56 Å². The molecule has 0 saturated heterocycles. The van der Waals surface area contributed by atoms with Gasteiger partial charge in [0.05, 0.1) is 5.75 Å². The summed E-state index contributed by atoms with van der Waals surface area (Å²) in [4.78, 5) is 0. The van der Waals surface area contributed by atoms with Crippen LogP contribution in [0.2, 0.25) is 0 Å². The minimum atomic E-state index is -3.45. The van der Waals surface area contributed by atoms with Gasteiger partial charge in [-0.1, -0.05) is 49.9 Å². The van der Waals surface area contributed by atoms with E-state index in [-0.39, 0.29) is 5.75 Å². The molecule has 1 fully saturated rings. The third-order valence-electron chi connectivity index (χ3n) is 3.65. The number of benzene rings is 1. The van der Waals surface area contributed by atoms with Crippen LogP contribution in [-0.2, 0) is 14.8 Å². The van der Waals surface area contributed by atoms with E-state index < -0.39 is 9.05 Å². The minimum absolute atomic E-state index is 0.0838. The van der Waals surface area contributed by atoms with E-state index in [1.165, 1.54) is 44.1 Å². The summed E-state index contributed by atoms with van der Waals surface area (Å²) >= 11 is 0. The summed E-state index contributed by atoms with van der Waals surface area (Å²) < 4.78 is 22.0. The Morgan fingerprint density at radius 1 is 1.00 bits per heavy atom. The standard InChI is InChI=1S/C14H19ClO2S/c15-18(16,17)11-12-7-9-14(10-8-12)13-5-3-1-2-4-6-13/h7-10,13H,1-6,11H2. The zero-order chi connectivity index (χ0) is 13.0. The molecule has 2 rings (SSSR count). The molecule has 0 atom stereocenters. The quantitative estimate of drug-likeness (QED) is 0.617. The van der Waals surface area contributed by atoms with E-state index >= 15 is 0 Å². The second-order valence-electron chi connectivity index (χ2n) is 5.11. The van der Waals surface area contributed by atoms with Crippen molar-refractivity contribution in [3.63, 3.8) is 0 Å². The van der Waals surface area contributed by atoms with Crippen molar-refractivity contribution < 1.29 is 8.42 Å². The van der Waals surface area contributed by atoms with Crippen molar-refractivity contribution in [3.8, 4) is 0 Å². The summed E-state index contributed by atoms with van der Waals surface area (Å²) in [6, 6.07) is 7.90. The van der Waals surface area contributed by atoms with Crippen molar-refractivity contribution in [1.29, 1.82) is 0 Å². The third kappa shape index (κ3) is 4.29. The predicted octanol–water partition coefficient (Wildman–Crippen LogP) is 4.19. The summed E-state index contributed by atoms with van der Waals surface area (Å²) in [7, 11) is 1.80. The lowest BCUT2D eigenvalue weighted by molar-refractivity contribution is 0.592. The lowest BCUT2D eigenvalue weighted by atomic mass is 9.91. The summed E-state index contributed by atoms with van der Waals surface area (Å²) in [6.07, 6.45) is 7.82. The molecule has 0 bridgehead atoms. The fourth-order valence-corrected chi connectivity index (χ4v) is 3.67. The van der Waals surface area contributed by atoms with E-state index in [1.807, 2.05) is 12.1 Å². The second kappa shape index (κ2) is 6.07. The van der Waals surface area contributed by atoms with Crippen LogP contribution in [0.3, 0.4) is 0 Å². The van der Waals surface area contributed by atoms with Gasteiger partial charge in [-0.3, -0.25) is 0 Å². The molecule has 1 aliphatic carbocycles. The first-order chi connectivity index (χ1) is 8.54. The Morgan fingerprint density at radius 3 is 2.06 bits per heavy atom. The third-order valence-corrected chi connectivity index (χ3v) is 4.65. The Labute approximate surface area is 114 Å². The van der Waals surface area contributed by atoms with Gasteiger partial charge in [0, 0.05) is 10.7 Å². The van der Waals surface area contributed by atoms with Gasteiger partial charge < -0.3 is 0 Å². The Kier molecular flexibility index (Phi) is 4.68. The molecular weight excluding hydrogens is 268 g/mol. The number of hydrogen-bond acceptors (Lipinski definition) is 2. The molecule has 18 heavy (non-hydrogen) atoms. The summed E-state index contributed by atoms with van der Waals surface area (Å²) in [5.41, 5.74) is 2.11. The molecule has 0 aromatic heterocycles. The molecule has 0 heterocycles. The second-order valence-corrected chi connectivity index (χ2v) is 7.89. The molecule has 0 N–H and O–H groups in total. The van der Waals surface area contributed by atoms with Crippen LogP contribution >= 0.6 is 10.7 Å². The maximum atomic E-state index is 11.0. The van der Waals surface area contributed by atoms with Crippen LogP contribution in [0, 0.1) is 0 Å². The van der Waals surface area contributed by atoms with Crippen LogP contribution in [0.15, 0.2) is 24.3 Å². The topological polar surface area (TPSA) is 34.1 Å². The summed E-state index contributed by atoms with van der Waals surface area (Å²) in [5, 5.41) is 0. The van der Waals surface area contributed by atoms with Crippen molar-refractivity contribution >= 4 is 19.7 Å². The fourth-order valence-electron chi connectivity index (χ4n) is 2.70. The SMILES string of the molecule is O=S(=O)(Cl)Cc1ccc(C2CCCCCC2)cc1. The average molecular weight is 287 g/mol. The van der Waals surface area contributed by atoms with Crippen molar-refractivity contribution in [2.24, 2.45) is 0 Å². The van der Waals surface area contributed by atoms with Gasteiger partial charge in [0.25, 0.3) is 0 Å². The number of hydrogen-bond donors (Lipinski definition) is 0. The molecule has 0 amide bonds. The lowest BCUT2D eigenvalue weighted by Gasteiger charge is -2.14. The van der Waals surface area contributed by atoms with Crippen LogP contribution < -0.4 is 0 Å². The zero-order valence-electron chi connectivity index (χ0n) is 10.4. The van der Waals surface area contributed by atoms with Crippen LogP contribution in [0.1, 0.15) is 55.6 Å². The van der Waals surface area contributed by atoms with E-state index in [0.29, 0.717) is 5.92 Å². The summed E-state index contributed by atoms with van der Waals surface area (Å²) in [6.45, 7) is 0. The predicted molar refractivity (Wildman–Crippen MR) is 75.4 cm³/mol. The molecule has 1 saturated carbocycles. The molecule has 0 aliphatic heterocycles. The maximum absolute atomic E-state index is 11.0. The Hall–Kier alpha value is -0.540. The smallest absolute Gasteiger partial charge is 0.212 e. The Morgan fingerprint density at radius 2 is 1.56 bits per heavy atom. The summed E-state index contributed by atoms with van der Waals surface area (Å²) in [5.74, 6) is 0.564. The molecule has 1 aromatic rings. The van der Waals surface area contributed by atoms with Crippen LogP contribution in [-0.4, -0.2) is 8.42 Å². The van der Waals surface area contributed by atoms with Crippen LogP contribution in [0.4, 0.5) is 0 Å². The first-order valence-electron chi connectivity index (χ1n) is 6.56. The average Bonchev–Trinajstić information content (AvgIpc) is 2.56. The molecule has 1 aliphatic rings. The molecule has 4 heteroatoms. The lowest BCUT2D eigenvalue weighted by Crippen LogP contribution is -1.99. The van der Waals surface area contributed by atoms with E-state index in [1.54, 1.807) is 0 Å². The zero-order valence-corrected chi connectivity index (χ0v) is 12.0. The highest BCUT2D eigenvalue weighted by Crippen LogP contribution is 2.31. The fraction of sp³-hybridized carbons (Fsp3) is 0.571. The first kappa shape index (κ1) is 13.9. The highest BCUT2D eigenvalue weighted by atomic mass is 35.7. The van der Waals surface area contributed by atoms with Gasteiger partial charge in [-0.05, 0) is 29.9 Å². The van der Waals surface area contributed by atoms with E-state index in [9.17, 15) is 8.42 Å². The van der Waals surface area contributed by atoms with Crippen molar-refractivity contribution in [3.05, 3.63) is 35.4 Å². The van der Waals surface area contributed by atoms with E-state index in [2.05, 4.69) is 12.1 Å². The van der Waals surface area contributed by atoms with Gasteiger partial charge in [0.1, 0.15) is 0 Å². The van der Waals surface area contributed by atoms with Gasteiger partial charge in [-0.15, -0.1) is 0 Å². The molecule has 0 radical (unpaired) electrons. The van der Waals surface area contributed by atoms with Gasteiger partial charge in [-0.25, -0.2) is 8.42 Å². The van der Waals surface area contributed by atoms with Gasteiger partial charge in [-0.2, -0.15) is 0 Å². The van der Waals surface area contributed by atoms with Crippen molar-refractivity contribution in [2.75, 3.05) is 0 Å². The molecule has 100 valence electrons. The van der Waals surface area contributed by atoms with Gasteiger partial charge >= 0.3 is 0 Å². The molecule has 2 nitrogen and oxygen atoms in total. The van der Waals surface area contributed by atoms with Crippen molar-refractivity contribution in [1.82, 2.24) is 0 Å². The van der Waals surface area contributed by atoms with Crippen LogP contribution in [0.25, 0.3) is 0 Å². The first-order valence-corrected chi connectivity index (χ1v) is 9.03. The number of halogens is 1. The largest absolute Gasteiger partial charge is 0.236 e.